The number of likely N-dealkylation sites (tertiary alicyclic amines) is 1. The van der Waals surface area contributed by atoms with E-state index >= 15 is 0 Å². The molecule has 1 aromatic heterocycles. The number of rotatable bonds is 4. The summed E-state index contributed by atoms with van der Waals surface area (Å²) in [5.41, 5.74) is 0.0302. The Kier molecular flexibility index (Phi) is 5.76. The Morgan fingerprint density at radius 2 is 2.00 bits per heavy atom. The molecule has 2 saturated heterocycles. The Morgan fingerprint density at radius 1 is 1.23 bits per heavy atom. The molecule has 160 valence electrons. The van der Waals surface area contributed by atoms with E-state index in [0.717, 1.165) is 12.1 Å². The summed E-state index contributed by atoms with van der Waals surface area (Å²) in [6, 6.07) is 2.27. The number of hydrogen-bond acceptors (Lipinski definition) is 5. The molecular formula is C20H23F2N5O3. The highest BCUT2D eigenvalue weighted by molar-refractivity contribution is 5.94. The van der Waals surface area contributed by atoms with Crippen LogP contribution in [0, 0.1) is 24.5 Å². The molecule has 2 fully saturated rings. The molecule has 2 aliphatic heterocycles. The van der Waals surface area contributed by atoms with Crippen molar-refractivity contribution in [2.45, 2.75) is 38.3 Å². The summed E-state index contributed by atoms with van der Waals surface area (Å²) in [6.45, 7) is 3.09. The first kappa shape index (κ1) is 20.4. The summed E-state index contributed by atoms with van der Waals surface area (Å²) in [6.07, 6.45) is 1.76. The monoisotopic (exact) mass is 419 g/mol. The average Bonchev–Trinajstić information content (AvgIpc) is 3.36. The Balaban J connectivity index is 1.54. The molecule has 2 N–H and O–H groups in total. The quantitative estimate of drug-likeness (QED) is 0.788. The highest BCUT2D eigenvalue weighted by Gasteiger charge is 2.40. The van der Waals surface area contributed by atoms with E-state index < -0.39 is 23.6 Å². The molecule has 2 amide bonds. The minimum absolute atomic E-state index is 0.0302. The van der Waals surface area contributed by atoms with Crippen molar-refractivity contribution >= 4 is 11.8 Å². The van der Waals surface area contributed by atoms with Crippen molar-refractivity contribution in [3.05, 3.63) is 47.0 Å². The largest absolute Gasteiger partial charge is 0.381 e. The van der Waals surface area contributed by atoms with Crippen molar-refractivity contribution in [2.75, 3.05) is 19.8 Å². The maximum Gasteiger partial charge on any atom is 0.254 e. The van der Waals surface area contributed by atoms with Gasteiger partial charge >= 0.3 is 0 Å². The van der Waals surface area contributed by atoms with Crippen LogP contribution in [0.15, 0.2) is 18.2 Å². The van der Waals surface area contributed by atoms with Crippen LogP contribution in [-0.4, -0.2) is 57.7 Å². The van der Waals surface area contributed by atoms with Crippen molar-refractivity contribution in [2.24, 2.45) is 5.92 Å². The predicted octanol–water partition coefficient (Wildman–Crippen LogP) is 1.89. The third-order valence-electron chi connectivity index (χ3n) is 5.58. The number of H-pyrrole nitrogens is 1. The second-order valence-corrected chi connectivity index (χ2v) is 7.71. The lowest BCUT2D eigenvalue weighted by Crippen LogP contribution is -2.42. The number of benzene rings is 1. The molecule has 0 bridgehead atoms. The molecule has 8 nitrogen and oxygen atoms in total. The first-order valence-corrected chi connectivity index (χ1v) is 9.95. The number of halogens is 2. The van der Waals surface area contributed by atoms with Gasteiger partial charge in [0.05, 0.1) is 6.04 Å². The number of nitrogens with zero attached hydrogens (tertiary/aromatic N) is 3. The van der Waals surface area contributed by atoms with E-state index in [1.807, 2.05) is 0 Å². The van der Waals surface area contributed by atoms with Gasteiger partial charge in [-0.3, -0.25) is 14.7 Å². The molecule has 1 aromatic carbocycles. The molecule has 10 heteroatoms. The van der Waals surface area contributed by atoms with Crippen molar-refractivity contribution in [3.63, 3.8) is 0 Å². The van der Waals surface area contributed by atoms with E-state index in [9.17, 15) is 18.4 Å². The number of hydrogen-bond donors (Lipinski definition) is 2. The van der Waals surface area contributed by atoms with Crippen molar-refractivity contribution in [1.82, 2.24) is 25.4 Å². The molecule has 0 saturated carbocycles. The zero-order chi connectivity index (χ0) is 21.3. The average molecular weight is 419 g/mol. The van der Waals surface area contributed by atoms with Crippen LogP contribution < -0.4 is 5.32 Å². The van der Waals surface area contributed by atoms with Crippen LogP contribution >= 0.6 is 0 Å². The summed E-state index contributed by atoms with van der Waals surface area (Å²) in [7, 11) is 0. The SMILES string of the molecule is Cc1nc(C2CC(NC(=O)C3CCOCC3)CN2C(=O)c2ccc(F)c(F)c2)n[nH]1. The maximum atomic E-state index is 13.7. The zero-order valence-electron chi connectivity index (χ0n) is 16.5. The normalized spacial score (nSPS) is 22.3. The topological polar surface area (TPSA) is 100 Å². The first-order chi connectivity index (χ1) is 14.4. The fraction of sp³-hybridized carbons (Fsp3) is 0.500. The summed E-state index contributed by atoms with van der Waals surface area (Å²) in [4.78, 5) is 31.5. The fourth-order valence-electron chi connectivity index (χ4n) is 3.99. The second kappa shape index (κ2) is 8.47. The van der Waals surface area contributed by atoms with Gasteiger partial charge < -0.3 is 15.0 Å². The lowest BCUT2D eigenvalue weighted by atomic mass is 9.99. The van der Waals surface area contributed by atoms with E-state index in [2.05, 4.69) is 20.5 Å². The lowest BCUT2D eigenvalue weighted by Gasteiger charge is -2.24. The second-order valence-electron chi connectivity index (χ2n) is 7.71. The van der Waals surface area contributed by atoms with Gasteiger partial charge in [-0.05, 0) is 44.4 Å². The molecule has 2 aromatic rings. The number of aromatic amines is 1. The highest BCUT2D eigenvalue weighted by atomic mass is 19.2. The summed E-state index contributed by atoms with van der Waals surface area (Å²) in [5.74, 6) is -1.73. The molecule has 2 atom stereocenters. The van der Waals surface area contributed by atoms with Crippen LogP contribution in [0.25, 0.3) is 0 Å². The van der Waals surface area contributed by atoms with Crippen LogP contribution in [0.3, 0.4) is 0 Å². The Bertz CT molecular complexity index is 944. The Labute approximate surface area is 172 Å². The van der Waals surface area contributed by atoms with Crippen molar-refractivity contribution < 1.29 is 23.1 Å². The van der Waals surface area contributed by atoms with E-state index in [0.29, 0.717) is 44.1 Å². The molecule has 3 heterocycles. The van der Waals surface area contributed by atoms with E-state index in [1.54, 1.807) is 6.92 Å². The molecular weight excluding hydrogens is 396 g/mol. The lowest BCUT2D eigenvalue weighted by molar-refractivity contribution is -0.128. The molecule has 4 rings (SSSR count). The van der Waals surface area contributed by atoms with Crippen molar-refractivity contribution in [1.29, 1.82) is 0 Å². The minimum Gasteiger partial charge on any atom is -0.381 e. The van der Waals surface area contributed by atoms with E-state index in [4.69, 9.17) is 4.74 Å². The molecule has 0 spiro atoms. The number of carbonyl (C=O) groups excluding carboxylic acids is 2. The number of amides is 2. The van der Waals surface area contributed by atoms with Gasteiger partial charge in [0.15, 0.2) is 17.5 Å². The molecule has 0 radical (unpaired) electrons. The third kappa shape index (κ3) is 4.18. The minimum atomic E-state index is -1.09. The fourth-order valence-corrected chi connectivity index (χ4v) is 3.99. The molecule has 2 unspecified atom stereocenters. The molecule has 0 aliphatic carbocycles. The van der Waals surface area contributed by atoms with Gasteiger partial charge in [-0.15, -0.1) is 0 Å². The van der Waals surface area contributed by atoms with Gasteiger partial charge in [-0.1, -0.05) is 0 Å². The summed E-state index contributed by atoms with van der Waals surface area (Å²) < 4.78 is 32.2. The standard InChI is InChI=1S/C20H23F2N5O3/c1-11-23-18(26-25-11)17-9-14(24-19(28)12-4-6-30-7-5-12)10-27(17)20(29)13-2-3-15(21)16(22)8-13/h2-3,8,12,14,17H,4-7,9-10H2,1H3,(H,24,28)(H,23,25,26). The van der Waals surface area contributed by atoms with Crippen LogP contribution in [0.2, 0.25) is 0 Å². The van der Waals surface area contributed by atoms with E-state index in [-0.39, 0.29) is 30.0 Å². The smallest absolute Gasteiger partial charge is 0.254 e. The highest BCUT2D eigenvalue weighted by Crippen LogP contribution is 2.32. The van der Waals surface area contributed by atoms with Gasteiger partial charge in [0.1, 0.15) is 5.82 Å². The summed E-state index contributed by atoms with van der Waals surface area (Å²) >= 11 is 0. The van der Waals surface area contributed by atoms with Gasteiger partial charge in [0, 0.05) is 37.3 Å². The maximum absolute atomic E-state index is 13.7. The summed E-state index contributed by atoms with van der Waals surface area (Å²) in [5, 5.41) is 9.95. The van der Waals surface area contributed by atoms with Crippen LogP contribution in [0.1, 0.15) is 47.3 Å². The van der Waals surface area contributed by atoms with Crippen LogP contribution in [-0.2, 0) is 9.53 Å². The molecule has 30 heavy (non-hydrogen) atoms. The zero-order valence-corrected chi connectivity index (χ0v) is 16.5. The van der Waals surface area contributed by atoms with E-state index in [1.165, 1.54) is 11.0 Å². The first-order valence-electron chi connectivity index (χ1n) is 9.95. The Morgan fingerprint density at radius 3 is 2.67 bits per heavy atom. The van der Waals surface area contributed by atoms with Gasteiger partial charge in [0.25, 0.3) is 5.91 Å². The van der Waals surface area contributed by atoms with Gasteiger partial charge in [0.2, 0.25) is 5.91 Å². The number of ether oxygens (including phenoxy) is 1. The van der Waals surface area contributed by atoms with Crippen LogP contribution in [0.4, 0.5) is 8.78 Å². The number of aryl methyl sites for hydroxylation is 1. The Hall–Kier alpha value is -2.88. The predicted molar refractivity (Wildman–Crippen MR) is 101 cm³/mol. The van der Waals surface area contributed by atoms with Gasteiger partial charge in [-0.25, -0.2) is 13.8 Å². The van der Waals surface area contributed by atoms with Crippen LogP contribution in [0.5, 0.6) is 0 Å². The number of carbonyl (C=O) groups is 2. The number of aromatic nitrogens is 3. The number of nitrogens with one attached hydrogen (secondary N) is 2. The van der Waals surface area contributed by atoms with Crippen molar-refractivity contribution in [3.8, 4) is 0 Å². The third-order valence-corrected chi connectivity index (χ3v) is 5.58. The molecule has 2 aliphatic rings. The van der Waals surface area contributed by atoms with Gasteiger partial charge in [-0.2, -0.15) is 5.10 Å².